The number of likely N-dealkylation sites (N-methyl/N-ethyl adjacent to an activating group) is 1. The fourth-order valence-electron chi connectivity index (χ4n) is 4.61. The Morgan fingerprint density at radius 3 is 2.29 bits per heavy atom. The number of anilines is 1. The molecule has 0 aromatic heterocycles. The number of nitrogens with one attached hydrogen (secondary N) is 1. The molecule has 1 fully saturated rings. The van der Waals surface area contributed by atoms with Crippen LogP contribution in [0.2, 0.25) is 5.02 Å². The van der Waals surface area contributed by atoms with E-state index < -0.39 is 0 Å². The summed E-state index contributed by atoms with van der Waals surface area (Å²) in [6.45, 7) is 4.30. The number of quaternary nitrogens is 1. The lowest BCUT2D eigenvalue weighted by Crippen LogP contribution is -3.10. The molecule has 0 unspecified atom stereocenters. The van der Waals surface area contributed by atoms with Crippen LogP contribution < -0.4 is 9.80 Å². The molecule has 1 saturated heterocycles. The Labute approximate surface area is 211 Å². The van der Waals surface area contributed by atoms with E-state index in [1.54, 1.807) is 0 Å². The first-order valence-corrected chi connectivity index (χ1v) is 13.3. The number of aryl methyl sites for hydroxylation is 1. The van der Waals surface area contributed by atoms with Gasteiger partial charge >= 0.3 is 0 Å². The second-order valence-electron chi connectivity index (χ2n) is 9.25. The Morgan fingerprint density at radius 1 is 1.03 bits per heavy atom. The predicted molar refractivity (Wildman–Crippen MR) is 139 cm³/mol. The number of piperidine rings is 1. The molecule has 2 aromatic carbocycles. The van der Waals surface area contributed by atoms with Crippen molar-refractivity contribution in [2.45, 2.75) is 50.0 Å². The minimum atomic E-state index is -0.258. The minimum absolute atomic E-state index is 0.239. The Bertz CT molecular complexity index is 1060. The zero-order valence-electron chi connectivity index (χ0n) is 20.1. The molecule has 0 bridgehead atoms. The van der Waals surface area contributed by atoms with Crippen LogP contribution >= 0.6 is 23.4 Å². The number of carbonyl (C=O) groups excluding carboxylic acids is 2. The Balaban J connectivity index is 1.65. The van der Waals surface area contributed by atoms with Crippen LogP contribution in [0, 0.1) is 0 Å². The third-order valence-electron chi connectivity index (χ3n) is 6.77. The van der Waals surface area contributed by atoms with E-state index in [9.17, 15) is 9.59 Å². The number of thioether (sulfide) groups is 1. The first-order valence-electron chi connectivity index (χ1n) is 12.1. The van der Waals surface area contributed by atoms with Crippen LogP contribution in [0.4, 0.5) is 5.69 Å². The summed E-state index contributed by atoms with van der Waals surface area (Å²) >= 11 is 7.41. The smallest absolute Gasteiger partial charge is 0.283 e. The van der Waals surface area contributed by atoms with E-state index in [1.807, 2.05) is 55.6 Å². The molecule has 2 aromatic rings. The molecule has 2 aliphatic rings. The molecule has 0 radical (unpaired) electrons. The van der Waals surface area contributed by atoms with Crippen LogP contribution in [0.15, 0.2) is 64.0 Å². The maximum absolute atomic E-state index is 13.7. The summed E-state index contributed by atoms with van der Waals surface area (Å²) in [6, 6.07) is 15.5. The molecule has 0 spiro atoms. The first kappa shape index (κ1) is 24.8. The molecular weight excluding hydrogens is 466 g/mol. The van der Waals surface area contributed by atoms with Crippen LogP contribution in [0.1, 0.15) is 38.2 Å². The van der Waals surface area contributed by atoms with Gasteiger partial charge in [-0.2, -0.15) is 0 Å². The average Bonchev–Trinajstić information content (AvgIpc) is 3.08. The summed E-state index contributed by atoms with van der Waals surface area (Å²) in [4.78, 5) is 33.7. The predicted octanol–water partition coefficient (Wildman–Crippen LogP) is 4.17. The van der Waals surface area contributed by atoms with Gasteiger partial charge in [0.05, 0.1) is 25.8 Å². The standard InChI is InChI=1S/C27H32ClN3O2S/c1-4-5-6-19-7-11-22(12-8-19)31-26(32)24(30(3)21-15-17-29(2)18-16-21)25(27(31)33)34-23-13-9-20(28)10-14-23/h7-14,21H,4-6,15-18H2,1-3H3/p+1. The summed E-state index contributed by atoms with van der Waals surface area (Å²) in [6.07, 6.45) is 5.25. The second-order valence-corrected chi connectivity index (χ2v) is 10.8. The van der Waals surface area contributed by atoms with Gasteiger partial charge in [0, 0.05) is 35.8 Å². The molecule has 0 saturated carbocycles. The number of benzene rings is 2. The van der Waals surface area contributed by atoms with E-state index in [0.29, 0.717) is 21.3 Å². The molecule has 7 heteroatoms. The number of hydrogen-bond donors (Lipinski definition) is 1. The van der Waals surface area contributed by atoms with Crippen molar-refractivity contribution in [3.8, 4) is 0 Å². The fourth-order valence-corrected chi connectivity index (χ4v) is 5.75. The van der Waals surface area contributed by atoms with Crippen molar-refractivity contribution in [3.05, 3.63) is 69.7 Å². The molecule has 5 nitrogen and oxygen atoms in total. The van der Waals surface area contributed by atoms with Crippen LogP contribution in [-0.4, -0.2) is 49.9 Å². The van der Waals surface area contributed by atoms with Gasteiger partial charge in [0.25, 0.3) is 11.8 Å². The van der Waals surface area contributed by atoms with Crippen molar-refractivity contribution in [2.24, 2.45) is 0 Å². The van der Waals surface area contributed by atoms with E-state index in [4.69, 9.17) is 11.6 Å². The number of rotatable bonds is 8. The Kier molecular flexibility index (Phi) is 8.02. The third-order valence-corrected chi connectivity index (χ3v) is 8.11. The van der Waals surface area contributed by atoms with Crippen molar-refractivity contribution >= 4 is 40.9 Å². The van der Waals surface area contributed by atoms with Gasteiger partial charge in [0.1, 0.15) is 10.6 Å². The van der Waals surface area contributed by atoms with Crippen molar-refractivity contribution in [3.63, 3.8) is 0 Å². The highest BCUT2D eigenvalue weighted by atomic mass is 35.5. The van der Waals surface area contributed by atoms with Gasteiger partial charge < -0.3 is 9.80 Å². The lowest BCUT2D eigenvalue weighted by atomic mass is 10.0. The maximum Gasteiger partial charge on any atom is 0.283 e. The number of likely N-dealkylation sites (tertiary alicyclic amines) is 1. The van der Waals surface area contributed by atoms with E-state index >= 15 is 0 Å². The molecular formula is C27H33ClN3O2S+. The monoisotopic (exact) mass is 498 g/mol. The number of nitrogens with zero attached hydrogens (tertiary/aromatic N) is 2. The zero-order chi connectivity index (χ0) is 24.2. The molecule has 2 amide bonds. The number of carbonyl (C=O) groups is 2. The lowest BCUT2D eigenvalue weighted by Gasteiger charge is -2.35. The zero-order valence-corrected chi connectivity index (χ0v) is 21.7. The molecule has 0 atom stereocenters. The van der Waals surface area contributed by atoms with Crippen molar-refractivity contribution < 1.29 is 14.5 Å². The lowest BCUT2D eigenvalue weighted by molar-refractivity contribution is -0.885. The first-order chi connectivity index (χ1) is 16.4. The number of imide groups is 1. The quantitative estimate of drug-likeness (QED) is 0.555. The van der Waals surface area contributed by atoms with Crippen LogP contribution in [-0.2, 0) is 16.0 Å². The highest BCUT2D eigenvalue weighted by molar-refractivity contribution is 8.04. The topological polar surface area (TPSA) is 45.1 Å². The van der Waals surface area contributed by atoms with Gasteiger partial charge in [-0.3, -0.25) is 9.59 Å². The number of amides is 2. The van der Waals surface area contributed by atoms with Crippen molar-refractivity contribution in [1.29, 1.82) is 0 Å². The fraction of sp³-hybridized carbons (Fsp3) is 0.407. The van der Waals surface area contributed by atoms with E-state index in [1.165, 1.54) is 27.1 Å². The highest BCUT2D eigenvalue weighted by Crippen LogP contribution is 2.39. The van der Waals surface area contributed by atoms with Crippen LogP contribution in [0.3, 0.4) is 0 Å². The molecule has 34 heavy (non-hydrogen) atoms. The van der Waals surface area contributed by atoms with Crippen molar-refractivity contribution in [1.82, 2.24) is 4.90 Å². The van der Waals surface area contributed by atoms with E-state index in [0.717, 1.165) is 50.1 Å². The second kappa shape index (κ2) is 11.0. The summed E-state index contributed by atoms with van der Waals surface area (Å²) in [5.74, 6) is -0.497. The van der Waals surface area contributed by atoms with E-state index in [2.05, 4.69) is 18.9 Å². The largest absolute Gasteiger partial charge is 0.366 e. The molecule has 4 rings (SSSR count). The van der Waals surface area contributed by atoms with Crippen LogP contribution in [0.5, 0.6) is 0 Å². The van der Waals surface area contributed by atoms with Gasteiger partial charge in [0.15, 0.2) is 0 Å². The van der Waals surface area contributed by atoms with Gasteiger partial charge in [-0.15, -0.1) is 0 Å². The van der Waals surface area contributed by atoms with Gasteiger partial charge in [-0.25, -0.2) is 4.90 Å². The highest BCUT2D eigenvalue weighted by Gasteiger charge is 2.43. The molecule has 180 valence electrons. The average molecular weight is 499 g/mol. The SMILES string of the molecule is CCCCc1ccc(N2C(=O)C(Sc3ccc(Cl)cc3)=C(N(C)C3CC[NH+](C)CC3)C2=O)cc1. The van der Waals surface area contributed by atoms with E-state index in [-0.39, 0.29) is 17.9 Å². The number of unbranched alkanes of at least 4 members (excludes halogenated alkanes) is 1. The Hall–Kier alpha value is -2.28. The summed E-state index contributed by atoms with van der Waals surface area (Å²) in [5.41, 5.74) is 2.35. The summed E-state index contributed by atoms with van der Waals surface area (Å²) < 4.78 is 0. The summed E-state index contributed by atoms with van der Waals surface area (Å²) in [7, 11) is 4.17. The van der Waals surface area contributed by atoms with Gasteiger partial charge in [-0.05, 0) is 54.8 Å². The molecule has 0 aliphatic carbocycles. The minimum Gasteiger partial charge on any atom is -0.366 e. The normalized spacial score (nSPS) is 20.9. The third kappa shape index (κ3) is 5.35. The maximum atomic E-state index is 13.7. The summed E-state index contributed by atoms with van der Waals surface area (Å²) in [5, 5.41) is 0.642. The van der Waals surface area contributed by atoms with Crippen LogP contribution in [0.25, 0.3) is 0 Å². The van der Waals surface area contributed by atoms with Crippen molar-refractivity contribution in [2.75, 3.05) is 32.1 Å². The molecule has 2 aliphatic heterocycles. The number of hydrogen-bond acceptors (Lipinski definition) is 4. The molecule has 2 heterocycles. The van der Waals surface area contributed by atoms with Gasteiger partial charge in [0.2, 0.25) is 0 Å². The molecule has 1 N–H and O–H groups in total. The Morgan fingerprint density at radius 2 is 1.68 bits per heavy atom. The number of halogens is 1. The van der Waals surface area contributed by atoms with Gasteiger partial charge in [-0.1, -0.05) is 48.8 Å².